The lowest BCUT2D eigenvalue weighted by Crippen LogP contribution is -2.21. The minimum Gasteiger partial charge on any atom is -0.465 e. The SMILES string of the molecule is COC(=O)c1ccc(-c2nn(C(=O)c3c(C)cccc3Cl)c3cc(C(=O)N(C)C)ccc23)c(F)c1. The zero-order chi connectivity index (χ0) is 25.4. The summed E-state index contributed by atoms with van der Waals surface area (Å²) >= 11 is 6.33. The number of hydrogen-bond acceptors (Lipinski definition) is 5. The summed E-state index contributed by atoms with van der Waals surface area (Å²) in [6.07, 6.45) is 0. The molecule has 178 valence electrons. The van der Waals surface area contributed by atoms with Gasteiger partial charge in [0, 0.05) is 30.6 Å². The van der Waals surface area contributed by atoms with Gasteiger partial charge in [0.1, 0.15) is 11.5 Å². The van der Waals surface area contributed by atoms with Gasteiger partial charge >= 0.3 is 5.97 Å². The number of halogens is 2. The van der Waals surface area contributed by atoms with E-state index in [1.54, 1.807) is 57.4 Å². The zero-order valence-electron chi connectivity index (χ0n) is 19.4. The second kappa shape index (κ2) is 9.31. The molecule has 1 aromatic heterocycles. The number of ether oxygens (including phenoxy) is 1. The summed E-state index contributed by atoms with van der Waals surface area (Å²) in [6.45, 7) is 1.75. The van der Waals surface area contributed by atoms with E-state index in [1.807, 2.05) is 0 Å². The fourth-order valence-electron chi connectivity index (χ4n) is 3.82. The first-order valence-corrected chi connectivity index (χ1v) is 10.9. The molecule has 4 rings (SSSR count). The van der Waals surface area contributed by atoms with Crippen molar-refractivity contribution in [2.24, 2.45) is 0 Å². The van der Waals surface area contributed by atoms with Gasteiger partial charge in [-0.1, -0.05) is 23.7 Å². The van der Waals surface area contributed by atoms with E-state index < -0.39 is 17.7 Å². The molecule has 1 heterocycles. The summed E-state index contributed by atoms with van der Waals surface area (Å²) in [7, 11) is 4.44. The molecule has 0 radical (unpaired) electrons. The quantitative estimate of drug-likeness (QED) is 0.374. The van der Waals surface area contributed by atoms with Crippen LogP contribution in [0.25, 0.3) is 22.2 Å². The molecule has 0 saturated heterocycles. The molecule has 0 atom stereocenters. The van der Waals surface area contributed by atoms with Gasteiger partial charge < -0.3 is 9.64 Å². The zero-order valence-corrected chi connectivity index (χ0v) is 20.2. The fourth-order valence-corrected chi connectivity index (χ4v) is 4.12. The van der Waals surface area contributed by atoms with E-state index >= 15 is 4.39 Å². The molecule has 1 amide bonds. The molecule has 3 aromatic carbocycles. The van der Waals surface area contributed by atoms with E-state index in [2.05, 4.69) is 9.84 Å². The lowest BCUT2D eigenvalue weighted by Gasteiger charge is -2.11. The lowest BCUT2D eigenvalue weighted by atomic mass is 10.0. The van der Waals surface area contributed by atoms with Crippen molar-refractivity contribution < 1.29 is 23.5 Å². The van der Waals surface area contributed by atoms with Gasteiger partial charge in [0.15, 0.2) is 0 Å². The third-order valence-electron chi connectivity index (χ3n) is 5.61. The number of amides is 1. The van der Waals surface area contributed by atoms with E-state index in [9.17, 15) is 14.4 Å². The first kappa shape index (κ1) is 24.1. The minimum atomic E-state index is -0.714. The molecule has 0 N–H and O–H groups in total. The molecule has 0 unspecified atom stereocenters. The third-order valence-corrected chi connectivity index (χ3v) is 5.92. The van der Waals surface area contributed by atoms with E-state index in [0.717, 1.165) is 10.7 Å². The van der Waals surface area contributed by atoms with Crippen LogP contribution in [-0.2, 0) is 4.74 Å². The monoisotopic (exact) mass is 493 g/mol. The molecule has 0 aliphatic rings. The average Bonchev–Trinajstić information content (AvgIpc) is 3.21. The summed E-state index contributed by atoms with van der Waals surface area (Å²) < 4.78 is 20.9. The van der Waals surface area contributed by atoms with Crippen LogP contribution in [0.15, 0.2) is 54.6 Å². The van der Waals surface area contributed by atoms with Gasteiger partial charge in [0.25, 0.3) is 11.8 Å². The van der Waals surface area contributed by atoms with Gasteiger partial charge in [-0.2, -0.15) is 9.78 Å². The van der Waals surface area contributed by atoms with Crippen molar-refractivity contribution >= 4 is 40.3 Å². The standard InChI is InChI=1S/C26H21ClFN3O4/c1-14-6-5-7-19(27)22(14)25(33)31-21-13-15(24(32)30(2)3)8-11-18(21)23(29-31)17-10-9-16(12-20(17)28)26(34)35-4/h5-13H,1-4H3. The summed E-state index contributed by atoms with van der Waals surface area (Å²) in [5.74, 6) is -2.18. The number of carbonyl (C=O) groups excluding carboxylic acids is 3. The number of fused-ring (bicyclic) bond motifs is 1. The molecule has 4 aromatic rings. The first-order chi connectivity index (χ1) is 16.6. The number of aromatic nitrogens is 2. The van der Waals surface area contributed by atoms with Crippen LogP contribution in [0.3, 0.4) is 0 Å². The number of hydrogen-bond donors (Lipinski definition) is 0. The molecule has 0 bridgehead atoms. The number of rotatable bonds is 4. The van der Waals surface area contributed by atoms with Crippen LogP contribution in [0.5, 0.6) is 0 Å². The van der Waals surface area contributed by atoms with E-state index in [4.69, 9.17) is 11.6 Å². The maximum absolute atomic E-state index is 15.1. The maximum atomic E-state index is 15.1. The number of carbonyl (C=O) groups is 3. The Morgan fingerprint density at radius 1 is 1.03 bits per heavy atom. The van der Waals surface area contributed by atoms with E-state index in [1.165, 1.54) is 24.1 Å². The molecular formula is C26H21ClFN3O4. The van der Waals surface area contributed by atoms with Crippen molar-refractivity contribution in [1.82, 2.24) is 14.7 Å². The number of benzene rings is 3. The largest absolute Gasteiger partial charge is 0.465 e. The van der Waals surface area contributed by atoms with Gasteiger partial charge in [0.2, 0.25) is 0 Å². The van der Waals surface area contributed by atoms with Crippen molar-refractivity contribution in [2.45, 2.75) is 6.92 Å². The second-order valence-electron chi connectivity index (χ2n) is 8.12. The van der Waals surface area contributed by atoms with Crippen LogP contribution in [0, 0.1) is 12.7 Å². The fraction of sp³-hybridized carbons (Fsp3) is 0.154. The van der Waals surface area contributed by atoms with Crippen molar-refractivity contribution in [3.63, 3.8) is 0 Å². The first-order valence-electron chi connectivity index (χ1n) is 10.6. The van der Waals surface area contributed by atoms with Gasteiger partial charge in [-0.05, 0) is 55.0 Å². The van der Waals surface area contributed by atoms with Crippen molar-refractivity contribution in [1.29, 1.82) is 0 Å². The molecule has 9 heteroatoms. The van der Waals surface area contributed by atoms with Crippen LogP contribution in [0.4, 0.5) is 4.39 Å². The normalized spacial score (nSPS) is 10.9. The Hall–Kier alpha value is -4.04. The van der Waals surface area contributed by atoms with Crippen molar-refractivity contribution in [2.75, 3.05) is 21.2 Å². The Kier molecular flexibility index (Phi) is 6.41. The number of esters is 1. The summed E-state index contributed by atoms with van der Waals surface area (Å²) in [6, 6.07) is 13.7. The molecule has 0 spiro atoms. The lowest BCUT2D eigenvalue weighted by molar-refractivity contribution is 0.0599. The Labute approximate surface area is 205 Å². The highest BCUT2D eigenvalue weighted by Crippen LogP contribution is 2.32. The Balaban J connectivity index is 1.98. The molecule has 0 fully saturated rings. The van der Waals surface area contributed by atoms with Gasteiger partial charge in [-0.15, -0.1) is 0 Å². The van der Waals surface area contributed by atoms with Crippen LogP contribution in [-0.4, -0.2) is 53.7 Å². The smallest absolute Gasteiger partial charge is 0.337 e. The highest BCUT2D eigenvalue weighted by Gasteiger charge is 2.24. The van der Waals surface area contributed by atoms with Crippen molar-refractivity contribution in [3.05, 3.63) is 87.7 Å². The molecule has 0 saturated carbocycles. The molecular weight excluding hydrogens is 473 g/mol. The highest BCUT2D eigenvalue weighted by atomic mass is 35.5. The molecule has 0 aliphatic heterocycles. The van der Waals surface area contributed by atoms with Crippen LogP contribution in [0.1, 0.15) is 36.6 Å². The molecule has 7 nitrogen and oxygen atoms in total. The van der Waals surface area contributed by atoms with Gasteiger partial charge in [-0.25, -0.2) is 9.18 Å². The van der Waals surface area contributed by atoms with Crippen molar-refractivity contribution in [3.8, 4) is 11.3 Å². The molecule has 35 heavy (non-hydrogen) atoms. The topological polar surface area (TPSA) is 81.5 Å². The summed E-state index contributed by atoms with van der Waals surface area (Å²) in [5, 5.41) is 5.14. The van der Waals surface area contributed by atoms with E-state index in [0.29, 0.717) is 22.0 Å². The Morgan fingerprint density at radius 2 is 1.74 bits per heavy atom. The Bertz CT molecular complexity index is 1490. The predicted octanol–water partition coefficient (Wildman–Crippen LogP) is 4.98. The van der Waals surface area contributed by atoms with Crippen LogP contribution in [0.2, 0.25) is 5.02 Å². The predicted molar refractivity (Wildman–Crippen MR) is 130 cm³/mol. The van der Waals surface area contributed by atoms with Crippen LogP contribution >= 0.6 is 11.6 Å². The summed E-state index contributed by atoms with van der Waals surface area (Å²) in [4.78, 5) is 39.4. The number of aryl methyl sites for hydroxylation is 1. The third kappa shape index (κ3) is 4.28. The molecule has 0 aliphatic carbocycles. The Morgan fingerprint density at radius 3 is 2.37 bits per heavy atom. The average molecular weight is 494 g/mol. The van der Waals surface area contributed by atoms with Gasteiger partial charge in [0.05, 0.1) is 28.8 Å². The summed E-state index contributed by atoms with van der Waals surface area (Å²) in [5.41, 5.74) is 1.83. The number of nitrogens with zero attached hydrogens (tertiary/aromatic N) is 3. The van der Waals surface area contributed by atoms with Crippen LogP contribution < -0.4 is 0 Å². The van der Waals surface area contributed by atoms with E-state index in [-0.39, 0.29) is 33.3 Å². The highest BCUT2D eigenvalue weighted by molar-refractivity contribution is 6.34. The van der Waals surface area contributed by atoms with Gasteiger partial charge in [-0.3, -0.25) is 9.59 Å². The minimum absolute atomic E-state index is 0.0409. The second-order valence-corrected chi connectivity index (χ2v) is 8.52. The maximum Gasteiger partial charge on any atom is 0.337 e. The number of methoxy groups -OCH3 is 1.